The van der Waals surface area contributed by atoms with E-state index in [1.54, 1.807) is 0 Å². The van der Waals surface area contributed by atoms with Crippen molar-refractivity contribution in [3.8, 4) is 0 Å². The Morgan fingerprint density at radius 1 is 0.875 bits per heavy atom. The molecule has 6 nitrogen and oxygen atoms in total. The molecule has 3 N–H and O–H groups in total. The molecule has 0 unspecified atom stereocenters. The highest BCUT2D eigenvalue weighted by atomic mass is 79.9. The molecule has 0 aromatic carbocycles. The number of alkyl halides is 1. The zero-order chi connectivity index (χ0) is 12.0. The molecular formula is C9H20BrN3O3. The Balaban J connectivity index is 2.56. The van der Waals surface area contributed by atoms with Crippen molar-refractivity contribution in [3.63, 3.8) is 0 Å². The quantitative estimate of drug-likeness (QED) is 0.409. The minimum absolute atomic E-state index is 0.0294. The molecule has 1 heterocycles. The molecule has 1 rings (SSSR count). The van der Waals surface area contributed by atoms with Crippen LogP contribution in [0.1, 0.15) is 0 Å². The van der Waals surface area contributed by atoms with Crippen LogP contribution in [-0.2, 0) is 0 Å². The van der Waals surface area contributed by atoms with Gasteiger partial charge in [-0.05, 0) is 0 Å². The second-order valence-electron chi connectivity index (χ2n) is 3.78. The maximum atomic E-state index is 8.97. The summed E-state index contributed by atoms with van der Waals surface area (Å²) in [6, 6.07) is 0. The third-order valence-corrected chi connectivity index (χ3v) is 3.71. The molecule has 1 aliphatic heterocycles. The first-order chi connectivity index (χ1) is 7.72. The van der Waals surface area contributed by atoms with Crippen molar-refractivity contribution in [2.45, 2.75) is 5.08 Å². The third-order valence-electron chi connectivity index (χ3n) is 2.56. The molecule has 0 aromatic heterocycles. The standard InChI is InChI=1S/C9H20BrN3O3/c10-9-12(2-5-15)7-11(1-4-14)8-13(9)3-6-16/h9,14-16H,1-8H2. The van der Waals surface area contributed by atoms with Gasteiger partial charge in [-0.15, -0.1) is 0 Å². The summed E-state index contributed by atoms with van der Waals surface area (Å²) in [6.45, 7) is 3.47. The van der Waals surface area contributed by atoms with Gasteiger partial charge in [0.1, 0.15) is 5.08 Å². The van der Waals surface area contributed by atoms with Crippen LogP contribution >= 0.6 is 15.9 Å². The number of nitrogens with zero attached hydrogens (tertiary/aromatic N) is 3. The number of rotatable bonds is 6. The van der Waals surface area contributed by atoms with Crippen LogP contribution < -0.4 is 0 Å². The molecule has 0 spiro atoms. The molecule has 96 valence electrons. The van der Waals surface area contributed by atoms with E-state index in [-0.39, 0.29) is 24.9 Å². The average Bonchev–Trinajstić information content (AvgIpc) is 2.26. The molecule has 1 fully saturated rings. The first-order valence-corrected chi connectivity index (χ1v) is 6.31. The maximum Gasteiger partial charge on any atom is 0.122 e. The summed E-state index contributed by atoms with van der Waals surface area (Å²) >= 11 is 3.54. The molecule has 0 saturated carbocycles. The number of hydrogen-bond donors (Lipinski definition) is 3. The molecule has 0 atom stereocenters. The van der Waals surface area contributed by atoms with Crippen molar-refractivity contribution >= 4 is 15.9 Å². The van der Waals surface area contributed by atoms with Crippen LogP contribution in [0.5, 0.6) is 0 Å². The summed E-state index contributed by atoms with van der Waals surface area (Å²) in [7, 11) is 0. The molecule has 0 aromatic rings. The van der Waals surface area contributed by atoms with Crippen molar-refractivity contribution in [2.75, 3.05) is 52.8 Å². The van der Waals surface area contributed by atoms with Crippen LogP contribution in [0.25, 0.3) is 0 Å². The minimum atomic E-state index is 0.0294. The minimum Gasteiger partial charge on any atom is -0.395 e. The first kappa shape index (κ1) is 14.3. The Kier molecular flexibility index (Phi) is 6.74. The van der Waals surface area contributed by atoms with Gasteiger partial charge in [0.05, 0.1) is 33.2 Å². The summed E-state index contributed by atoms with van der Waals surface area (Å²) in [6.07, 6.45) is 0. The Morgan fingerprint density at radius 2 is 1.31 bits per heavy atom. The lowest BCUT2D eigenvalue weighted by molar-refractivity contribution is -0.0574. The smallest absolute Gasteiger partial charge is 0.122 e. The van der Waals surface area contributed by atoms with Crippen molar-refractivity contribution in [3.05, 3.63) is 0 Å². The lowest BCUT2D eigenvalue weighted by Gasteiger charge is -2.45. The number of hydrogen-bond acceptors (Lipinski definition) is 6. The Hall–Kier alpha value is 0.240. The lowest BCUT2D eigenvalue weighted by atomic mass is 10.4. The topological polar surface area (TPSA) is 70.4 Å². The van der Waals surface area contributed by atoms with E-state index in [0.717, 1.165) is 0 Å². The van der Waals surface area contributed by atoms with Crippen molar-refractivity contribution in [2.24, 2.45) is 0 Å². The Bertz CT molecular complexity index is 183. The van der Waals surface area contributed by atoms with E-state index in [0.29, 0.717) is 33.0 Å². The summed E-state index contributed by atoms with van der Waals surface area (Å²) in [4.78, 5) is 6.17. The van der Waals surface area contributed by atoms with Crippen LogP contribution in [0, 0.1) is 0 Å². The molecule has 1 aliphatic rings. The zero-order valence-electron chi connectivity index (χ0n) is 9.30. The van der Waals surface area contributed by atoms with Crippen LogP contribution in [0.4, 0.5) is 0 Å². The summed E-state index contributed by atoms with van der Waals surface area (Å²) in [5.41, 5.74) is 0. The Labute approximate surface area is 104 Å². The fraction of sp³-hybridized carbons (Fsp3) is 1.00. The predicted molar refractivity (Wildman–Crippen MR) is 63.8 cm³/mol. The van der Waals surface area contributed by atoms with Crippen LogP contribution in [0.2, 0.25) is 0 Å². The van der Waals surface area contributed by atoms with Crippen molar-refractivity contribution in [1.29, 1.82) is 0 Å². The molecule has 0 aliphatic carbocycles. The van der Waals surface area contributed by atoms with Gasteiger partial charge in [0.2, 0.25) is 0 Å². The van der Waals surface area contributed by atoms with Gasteiger partial charge in [-0.1, -0.05) is 15.9 Å². The van der Waals surface area contributed by atoms with Crippen LogP contribution in [-0.4, -0.2) is 87.9 Å². The predicted octanol–water partition coefficient (Wildman–Crippen LogP) is -1.52. The molecular weight excluding hydrogens is 278 g/mol. The van der Waals surface area contributed by atoms with Gasteiger partial charge in [-0.25, -0.2) is 0 Å². The van der Waals surface area contributed by atoms with Gasteiger partial charge in [-0.2, -0.15) is 0 Å². The monoisotopic (exact) mass is 297 g/mol. The molecule has 0 radical (unpaired) electrons. The van der Waals surface area contributed by atoms with Crippen LogP contribution in [0.15, 0.2) is 0 Å². The lowest BCUT2D eigenvalue weighted by Crippen LogP contribution is -2.60. The number of halogens is 1. The fourth-order valence-electron chi connectivity index (χ4n) is 1.82. The molecule has 16 heavy (non-hydrogen) atoms. The maximum absolute atomic E-state index is 8.97. The summed E-state index contributed by atoms with van der Waals surface area (Å²) in [5, 5.41) is 26.9. The number of aliphatic hydroxyl groups is 3. The second kappa shape index (κ2) is 7.54. The zero-order valence-corrected chi connectivity index (χ0v) is 10.9. The largest absolute Gasteiger partial charge is 0.395 e. The highest BCUT2D eigenvalue weighted by Crippen LogP contribution is 2.18. The molecule has 1 saturated heterocycles. The summed E-state index contributed by atoms with van der Waals surface area (Å²) in [5.74, 6) is 0. The van der Waals surface area contributed by atoms with E-state index in [1.165, 1.54) is 0 Å². The number of aliphatic hydroxyl groups excluding tert-OH is 3. The van der Waals surface area contributed by atoms with Crippen LogP contribution in [0.3, 0.4) is 0 Å². The summed E-state index contributed by atoms with van der Waals surface area (Å²) < 4.78 is 0. The first-order valence-electron chi connectivity index (χ1n) is 5.40. The van der Waals surface area contributed by atoms with Gasteiger partial charge in [0, 0.05) is 19.6 Å². The van der Waals surface area contributed by atoms with Gasteiger partial charge in [0.15, 0.2) is 0 Å². The van der Waals surface area contributed by atoms with E-state index in [9.17, 15) is 0 Å². The molecule has 0 bridgehead atoms. The Morgan fingerprint density at radius 3 is 1.69 bits per heavy atom. The third kappa shape index (κ3) is 3.92. The SMILES string of the molecule is OCCN1CN(CCO)C(Br)N(CCO)C1. The molecule has 7 heteroatoms. The van der Waals surface area contributed by atoms with Gasteiger partial charge in [-0.3, -0.25) is 14.7 Å². The van der Waals surface area contributed by atoms with E-state index < -0.39 is 0 Å². The van der Waals surface area contributed by atoms with Crippen molar-refractivity contribution < 1.29 is 15.3 Å². The van der Waals surface area contributed by atoms with E-state index in [4.69, 9.17) is 15.3 Å². The van der Waals surface area contributed by atoms with Gasteiger partial charge in [0.25, 0.3) is 0 Å². The fourth-order valence-corrected chi connectivity index (χ4v) is 2.49. The normalized spacial score (nSPS) is 21.8. The number of β-amino-alcohol motifs (C(OH)–C–C–N with tert-alkyl or cyclic N) is 3. The van der Waals surface area contributed by atoms with E-state index in [2.05, 4.69) is 30.6 Å². The van der Waals surface area contributed by atoms with Gasteiger partial charge >= 0.3 is 0 Å². The average molecular weight is 298 g/mol. The van der Waals surface area contributed by atoms with E-state index in [1.807, 2.05) is 0 Å². The van der Waals surface area contributed by atoms with Gasteiger partial charge < -0.3 is 15.3 Å². The second-order valence-corrected chi connectivity index (χ2v) is 4.60. The van der Waals surface area contributed by atoms with Crippen molar-refractivity contribution in [1.82, 2.24) is 14.7 Å². The molecule has 0 amide bonds. The van der Waals surface area contributed by atoms with E-state index >= 15 is 0 Å². The highest BCUT2D eigenvalue weighted by Gasteiger charge is 2.29. The highest BCUT2D eigenvalue weighted by molar-refractivity contribution is 9.09.